The van der Waals surface area contributed by atoms with Gasteiger partial charge in [0.25, 0.3) is 0 Å². The number of thioether (sulfide) groups is 1. The molecule has 0 radical (unpaired) electrons. The smallest absolute Gasteiger partial charge is 0.0774 e. The molecule has 0 saturated heterocycles. The van der Waals surface area contributed by atoms with Crippen LogP contribution in [0.1, 0.15) is 4.88 Å². The van der Waals surface area contributed by atoms with Gasteiger partial charge < -0.3 is 5.11 Å². The monoisotopic (exact) mass is 244 g/mol. The zero-order chi connectivity index (χ0) is 10.1. The van der Waals surface area contributed by atoms with E-state index in [9.17, 15) is 0 Å². The van der Waals surface area contributed by atoms with Crippen LogP contribution in [0.4, 0.5) is 0 Å². The summed E-state index contributed by atoms with van der Waals surface area (Å²) >= 11 is 9.35. The molecule has 1 N–H and O–H groups in total. The van der Waals surface area contributed by atoms with Crippen molar-refractivity contribution in [3.05, 3.63) is 28.1 Å². The van der Waals surface area contributed by atoms with E-state index in [4.69, 9.17) is 16.7 Å². The van der Waals surface area contributed by atoms with Crippen molar-refractivity contribution in [3.8, 4) is 0 Å². The molecule has 0 fully saturated rings. The fourth-order valence-electron chi connectivity index (χ4n) is 1.33. The predicted molar refractivity (Wildman–Crippen MR) is 64.5 cm³/mol. The van der Waals surface area contributed by atoms with E-state index < -0.39 is 0 Å². The molecule has 0 amide bonds. The van der Waals surface area contributed by atoms with E-state index in [0.717, 1.165) is 24.9 Å². The number of rotatable bonds is 2. The minimum absolute atomic E-state index is 0.0876. The Bertz CT molecular complexity index is 464. The first-order valence-electron chi connectivity index (χ1n) is 4.11. The van der Waals surface area contributed by atoms with E-state index in [2.05, 4.69) is 6.07 Å². The Morgan fingerprint density at radius 1 is 1.43 bits per heavy atom. The molecule has 0 unspecified atom stereocenters. The highest BCUT2D eigenvalue weighted by molar-refractivity contribution is 7.98. The molecule has 0 aliphatic carbocycles. The van der Waals surface area contributed by atoms with Gasteiger partial charge in [-0.2, -0.15) is 0 Å². The summed E-state index contributed by atoms with van der Waals surface area (Å²) in [6.07, 6.45) is 2.02. The molecule has 0 atom stereocenters. The summed E-state index contributed by atoms with van der Waals surface area (Å²) in [5, 5.41) is 10.9. The van der Waals surface area contributed by atoms with Crippen LogP contribution in [0.2, 0.25) is 5.02 Å². The number of hydrogen-bond donors (Lipinski definition) is 1. The first-order valence-corrected chi connectivity index (χ1v) is 6.53. The van der Waals surface area contributed by atoms with Gasteiger partial charge >= 0.3 is 0 Å². The summed E-state index contributed by atoms with van der Waals surface area (Å²) in [5.74, 6) is 0. The molecule has 1 nitrogen and oxygen atoms in total. The summed E-state index contributed by atoms with van der Waals surface area (Å²) in [4.78, 5) is 2.12. The van der Waals surface area contributed by atoms with Crippen LogP contribution in [0.3, 0.4) is 0 Å². The summed E-state index contributed by atoms with van der Waals surface area (Å²) in [7, 11) is 0. The number of fused-ring (bicyclic) bond motifs is 1. The second-order valence-electron chi connectivity index (χ2n) is 2.90. The van der Waals surface area contributed by atoms with Gasteiger partial charge in [-0.1, -0.05) is 11.6 Å². The van der Waals surface area contributed by atoms with Crippen LogP contribution < -0.4 is 0 Å². The molecule has 0 bridgehead atoms. The normalized spacial score (nSPS) is 11.1. The third-order valence-electron chi connectivity index (χ3n) is 1.99. The van der Waals surface area contributed by atoms with Crippen LogP contribution in [0.25, 0.3) is 10.1 Å². The topological polar surface area (TPSA) is 20.2 Å². The number of halogens is 1. The molecule has 74 valence electrons. The van der Waals surface area contributed by atoms with Crippen LogP contribution in [-0.2, 0) is 6.61 Å². The van der Waals surface area contributed by atoms with E-state index in [-0.39, 0.29) is 6.61 Å². The molecule has 0 aliphatic heterocycles. The van der Waals surface area contributed by atoms with Crippen LogP contribution >= 0.6 is 34.7 Å². The molecule has 1 aromatic carbocycles. The van der Waals surface area contributed by atoms with Gasteiger partial charge in [0.05, 0.1) is 16.3 Å². The first-order chi connectivity index (χ1) is 6.74. The van der Waals surface area contributed by atoms with Crippen molar-refractivity contribution in [2.75, 3.05) is 6.26 Å². The molecule has 0 spiro atoms. The Morgan fingerprint density at radius 2 is 2.21 bits per heavy atom. The largest absolute Gasteiger partial charge is 0.391 e. The van der Waals surface area contributed by atoms with Gasteiger partial charge in [-0.25, -0.2) is 0 Å². The average molecular weight is 245 g/mol. The Kier molecular flexibility index (Phi) is 3.02. The maximum Gasteiger partial charge on any atom is 0.0774 e. The molecule has 2 aromatic rings. The summed E-state index contributed by atoms with van der Waals surface area (Å²) in [6.45, 7) is 0.0876. The Balaban J connectivity index is 2.67. The van der Waals surface area contributed by atoms with Crippen molar-refractivity contribution in [1.82, 2.24) is 0 Å². The SMILES string of the molecule is CSc1cc(Cl)c2sc(CO)cc2c1. The van der Waals surface area contributed by atoms with Crippen LogP contribution in [0.15, 0.2) is 23.1 Å². The lowest BCUT2D eigenvalue weighted by Crippen LogP contribution is -1.71. The van der Waals surface area contributed by atoms with Gasteiger partial charge in [0.2, 0.25) is 0 Å². The van der Waals surface area contributed by atoms with Gasteiger partial charge in [0, 0.05) is 9.77 Å². The highest BCUT2D eigenvalue weighted by Crippen LogP contribution is 2.35. The lowest BCUT2D eigenvalue weighted by molar-refractivity contribution is 0.285. The molecule has 0 saturated carbocycles. The van der Waals surface area contributed by atoms with Crippen LogP contribution in [0.5, 0.6) is 0 Å². The number of thiophene rings is 1. The minimum Gasteiger partial charge on any atom is -0.391 e. The molecule has 4 heteroatoms. The zero-order valence-electron chi connectivity index (χ0n) is 7.58. The summed E-state index contributed by atoms with van der Waals surface area (Å²) < 4.78 is 1.06. The lowest BCUT2D eigenvalue weighted by atomic mass is 10.2. The van der Waals surface area contributed by atoms with E-state index in [1.807, 2.05) is 18.4 Å². The van der Waals surface area contributed by atoms with Crippen molar-refractivity contribution < 1.29 is 5.11 Å². The van der Waals surface area contributed by atoms with Gasteiger partial charge in [-0.05, 0) is 29.8 Å². The van der Waals surface area contributed by atoms with Crippen molar-refractivity contribution in [2.45, 2.75) is 11.5 Å². The van der Waals surface area contributed by atoms with Crippen molar-refractivity contribution in [2.24, 2.45) is 0 Å². The number of aliphatic hydroxyl groups is 1. The van der Waals surface area contributed by atoms with Crippen molar-refractivity contribution in [3.63, 3.8) is 0 Å². The summed E-state index contributed by atoms with van der Waals surface area (Å²) in [5.41, 5.74) is 0. The maximum atomic E-state index is 9.02. The fourth-order valence-corrected chi connectivity index (χ4v) is 3.13. The van der Waals surface area contributed by atoms with Crippen molar-refractivity contribution in [1.29, 1.82) is 0 Å². The molecular formula is C10H9ClOS2. The molecule has 14 heavy (non-hydrogen) atoms. The van der Waals surface area contributed by atoms with Gasteiger partial charge in [0.1, 0.15) is 0 Å². The van der Waals surface area contributed by atoms with E-state index >= 15 is 0 Å². The third-order valence-corrected chi connectivity index (χ3v) is 4.27. The third kappa shape index (κ3) is 1.77. The average Bonchev–Trinajstić information content (AvgIpc) is 2.61. The highest BCUT2D eigenvalue weighted by Gasteiger charge is 2.06. The minimum atomic E-state index is 0.0876. The second-order valence-corrected chi connectivity index (χ2v) is 5.32. The lowest BCUT2D eigenvalue weighted by Gasteiger charge is -1.98. The molecule has 2 rings (SSSR count). The zero-order valence-corrected chi connectivity index (χ0v) is 9.97. The Hall–Kier alpha value is -0.220. The summed E-state index contributed by atoms with van der Waals surface area (Å²) in [6, 6.07) is 6.05. The van der Waals surface area contributed by atoms with Gasteiger partial charge in [-0.15, -0.1) is 23.1 Å². The van der Waals surface area contributed by atoms with E-state index in [0.29, 0.717) is 0 Å². The Labute approximate surface area is 95.7 Å². The first kappa shape index (κ1) is 10.3. The van der Waals surface area contributed by atoms with Gasteiger partial charge in [-0.3, -0.25) is 0 Å². The van der Waals surface area contributed by atoms with Gasteiger partial charge in [0.15, 0.2) is 0 Å². The predicted octanol–water partition coefficient (Wildman–Crippen LogP) is 3.77. The maximum absolute atomic E-state index is 9.02. The number of benzene rings is 1. The molecule has 1 heterocycles. The van der Waals surface area contributed by atoms with Crippen molar-refractivity contribution >= 4 is 44.8 Å². The van der Waals surface area contributed by atoms with Crippen LogP contribution in [0, 0.1) is 0 Å². The number of hydrogen-bond acceptors (Lipinski definition) is 3. The quantitative estimate of drug-likeness (QED) is 0.812. The fraction of sp³-hybridized carbons (Fsp3) is 0.200. The van der Waals surface area contributed by atoms with E-state index in [1.165, 1.54) is 0 Å². The number of aliphatic hydroxyl groups excluding tert-OH is 1. The van der Waals surface area contributed by atoms with Crippen LogP contribution in [-0.4, -0.2) is 11.4 Å². The standard InChI is InChI=1S/C10H9ClOS2/c1-13-7-2-6-3-8(5-12)14-10(6)9(11)4-7/h2-4,12H,5H2,1H3. The van der Waals surface area contributed by atoms with E-state index in [1.54, 1.807) is 23.1 Å². The molecular weight excluding hydrogens is 236 g/mol. The second kappa shape index (κ2) is 4.11. The highest BCUT2D eigenvalue weighted by atomic mass is 35.5. The molecule has 0 aliphatic rings. The molecule has 1 aromatic heterocycles. The Morgan fingerprint density at radius 3 is 2.86 bits per heavy atom.